The first-order valence-corrected chi connectivity index (χ1v) is 18.8. The van der Waals surface area contributed by atoms with Gasteiger partial charge >= 0.3 is 0 Å². The van der Waals surface area contributed by atoms with Crippen LogP contribution in [0.4, 0.5) is 0 Å². The fourth-order valence-electron chi connectivity index (χ4n) is 6.99. The summed E-state index contributed by atoms with van der Waals surface area (Å²) in [4.78, 5) is 8.68. The smallest absolute Gasteiger partial charge is 0.142 e. The lowest BCUT2D eigenvalue weighted by molar-refractivity contribution is 0.173. The van der Waals surface area contributed by atoms with Crippen LogP contribution in [0.2, 0.25) is 5.02 Å². The molecule has 1 aliphatic rings. The van der Waals surface area contributed by atoms with Gasteiger partial charge in [-0.05, 0) is 93.6 Å². The molecular weight excluding hydrogens is 700 g/mol. The largest absolute Gasteiger partial charge is 0.493 e. The second kappa shape index (κ2) is 17.9. The number of aliphatic hydroxyl groups excluding tert-OH is 1. The van der Waals surface area contributed by atoms with Crippen LogP contribution in [0.15, 0.2) is 67.0 Å². The van der Waals surface area contributed by atoms with Crippen molar-refractivity contribution in [3.8, 4) is 34.4 Å². The van der Waals surface area contributed by atoms with Crippen LogP contribution in [0.3, 0.4) is 0 Å². The van der Waals surface area contributed by atoms with E-state index in [1.54, 1.807) is 12.3 Å². The summed E-state index contributed by atoms with van der Waals surface area (Å²) in [6, 6.07) is 20.2. The van der Waals surface area contributed by atoms with E-state index in [0.717, 1.165) is 94.1 Å². The standard InChI is InChI=1S/C43H49ClN6O4/c1-28-34(9-6-10-37(28)38-11-7-12-41(29(38)2)52-16-8-14-50-15-13-36(51)24-50)27-54-43-19-42(53-26-33-17-32(20-45)21-46-22-33)35(18-40(43)44)23-49(5)25-39-30(3)47-48-31(39)4/h6-7,9-12,17-19,21-22,36,51H,8,13-16,23-27H2,1-5H3,(H,47,48)/t36-/m1/s1. The number of hydrogen-bond donors (Lipinski definition) is 2. The zero-order valence-electron chi connectivity index (χ0n) is 31.8. The second-order valence-corrected chi connectivity index (χ2v) is 14.6. The minimum absolute atomic E-state index is 0.202. The number of likely N-dealkylation sites (tertiary alicyclic amines) is 1. The lowest BCUT2D eigenvalue weighted by Gasteiger charge is -2.21. The second-order valence-electron chi connectivity index (χ2n) is 14.2. The van der Waals surface area contributed by atoms with Gasteiger partial charge < -0.3 is 24.2 Å². The molecule has 5 aromatic rings. The number of rotatable bonds is 16. The third kappa shape index (κ3) is 9.59. The summed E-state index contributed by atoms with van der Waals surface area (Å²) >= 11 is 6.91. The molecule has 1 aliphatic heterocycles. The number of β-amino-alcohol motifs (C(OH)–C–C–N with tert-alkyl or cyclic N) is 1. The van der Waals surface area contributed by atoms with Crippen molar-refractivity contribution in [3.63, 3.8) is 0 Å². The van der Waals surface area contributed by atoms with E-state index in [4.69, 9.17) is 25.8 Å². The molecule has 2 N–H and O–H groups in total. The van der Waals surface area contributed by atoms with Gasteiger partial charge in [-0.15, -0.1) is 0 Å². The first kappa shape index (κ1) is 38.8. The van der Waals surface area contributed by atoms with E-state index >= 15 is 0 Å². The molecule has 1 atom stereocenters. The van der Waals surface area contributed by atoms with Crippen LogP contribution in [0.1, 0.15) is 63.2 Å². The molecule has 3 heterocycles. The number of aryl methyl sites for hydroxylation is 2. The highest BCUT2D eigenvalue weighted by Gasteiger charge is 2.20. The molecule has 11 heteroatoms. The molecular formula is C43H49ClN6O4. The number of hydrogen-bond acceptors (Lipinski definition) is 9. The molecule has 10 nitrogen and oxygen atoms in total. The van der Waals surface area contributed by atoms with Crippen LogP contribution >= 0.6 is 11.6 Å². The normalized spacial score (nSPS) is 14.4. The molecule has 0 amide bonds. The number of benzene rings is 3. The Bertz CT molecular complexity index is 2090. The Labute approximate surface area is 323 Å². The van der Waals surface area contributed by atoms with Crippen molar-refractivity contribution in [2.24, 2.45) is 0 Å². The van der Waals surface area contributed by atoms with Crippen molar-refractivity contribution < 1.29 is 19.3 Å². The minimum atomic E-state index is -0.202. The maximum atomic E-state index is 9.81. The van der Waals surface area contributed by atoms with Crippen molar-refractivity contribution >= 4 is 11.6 Å². The Morgan fingerprint density at radius 1 is 0.926 bits per heavy atom. The summed E-state index contributed by atoms with van der Waals surface area (Å²) in [5.41, 5.74) is 10.8. The Morgan fingerprint density at radius 2 is 1.70 bits per heavy atom. The lowest BCUT2D eigenvalue weighted by Crippen LogP contribution is -2.24. The number of aromatic nitrogens is 3. The molecule has 1 fully saturated rings. The van der Waals surface area contributed by atoms with Crippen molar-refractivity contribution in [2.75, 3.05) is 33.3 Å². The number of aliphatic hydroxyl groups is 1. The number of nitrogens with one attached hydrogen (secondary N) is 1. The number of nitrogens with zero attached hydrogens (tertiary/aromatic N) is 5. The lowest BCUT2D eigenvalue weighted by atomic mass is 9.93. The van der Waals surface area contributed by atoms with Crippen molar-refractivity contribution in [3.05, 3.63) is 122 Å². The fraction of sp³-hybridized carbons (Fsp3) is 0.372. The van der Waals surface area contributed by atoms with E-state index in [2.05, 4.69) is 76.2 Å². The summed E-state index contributed by atoms with van der Waals surface area (Å²) < 4.78 is 19.1. The van der Waals surface area contributed by atoms with E-state index in [-0.39, 0.29) is 12.7 Å². The van der Waals surface area contributed by atoms with Gasteiger partial charge in [0.05, 0.1) is 29.0 Å². The number of aromatic amines is 1. The number of H-pyrrole nitrogens is 1. The zero-order valence-corrected chi connectivity index (χ0v) is 32.5. The van der Waals surface area contributed by atoms with Crippen LogP contribution in [0, 0.1) is 39.0 Å². The van der Waals surface area contributed by atoms with Crippen LogP contribution in [-0.2, 0) is 26.3 Å². The first-order chi connectivity index (χ1) is 26.1. The Morgan fingerprint density at radius 3 is 2.44 bits per heavy atom. The molecule has 0 aliphatic carbocycles. The monoisotopic (exact) mass is 748 g/mol. The van der Waals surface area contributed by atoms with Crippen LogP contribution in [0.25, 0.3) is 11.1 Å². The molecule has 282 valence electrons. The molecule has 0 unspecified atom stereocenters. The molecule has 3 aromatic carbocycles. The first-order valence-electron chi connectivity index (χ1n) is 18.4. The quantitative estimate of drug-likeness (QED) is 0.0973. The van der Waals surface area contributed by atoms with E-state index in [1.165, 1.54) is 6.20 Å². The van der Waals surface area contributed by atoms with Gasteiger partial charge in [-0.1, -0.05) is 41.9 Å². The number of ether oxygens (including phenoxy) is 3. The van der Waals surface area contributed by atoms with E-state index < -0.39 is 0 Å². The topological polar surface area (TPSA) is 120 Å². The predicted molar refractivity (Wildman–Crippen MR) is 211 cm³/mol. The number of halogens is 1. The van der Waals surface area contributed by atoms with Crippen molar-refractivity contribution in [1.82, 2.24) is 25.0 Å². The highest BCUT2D eigenvalue weighted by atomic mass is 35.5. The maximum absolute atomic E-state index is 9.81. The summed E-state index contributed by atoms with van der Waals surface area (Å²) in [6.07, 6.45) is 4.79. The predicted octanol–water partition coefficient (Wildman–Crippen LogP) is 7.86. The SMILES string of the molecule is Cc1n[nH]c(C)c1CN(C)Cc1cc(Cl)c(OCc2cccc(-c3cccc(OCCCN4CC[C@@H](O)C4)c3C)c2C)cc1OCc1cncc(C#N)c1. The van der Waals surface area contributed by atoms with E-state index in [1.807, 2.05) is 38.1 Å². The van der Waals surface area contributed by atoms with Gasteiger partial charge in [0.15, 0.2) is 0 Å². The summed E-state index contributed by atoms with van der Waals surface area (Å²) in [5.74, 6) is 2.04. The highest BCUT2D eigenvalue weighted by Crippen LogP contribution is 2.37. The van der Waals surface area contributed by atoms with Gasteiger partial charge in [-0.3, -0.25) is 15.0 Å². The minimum Gasteiger partial charge on any atom is -0.493 e. The molecule has 6 rings (SSSR count). The molecule has 0 saturated carbocycles. The van der Waals surface area contributed by atoms with Crippen LogP contribution < -0.4 is 14.2 Å². The summed E-state index contributed by atoms with van der Waals surface area (Å²) in [7, 11) is 2.05. The van der Waals surface area contributed by atoms with Gasteiger partial charge in [0.2, 0.25) is 0 Å². The van der Waals surface area contributed by atoms with Gasteiger partial charge in [0, 0.05) is 73.6 Å². The molecule has 54 heavy (non-hydrogen) atoms. The fourth-order valence-corrected chi connectivity index (χ4v) is 7.23. The Kier molecular flexibility index (Phi) is 12.9. The summed E-state index contributed by atoms with van der Waals surface area (Å²) in [5, 5.41) is 27.1. The summed E-state index contributed by atoms with van der Waals surface area (Å²) in [6.45, 7) is 13.3. The molecule has 2 aromatic heterocycles. The average Bonchev–Trinajstić information content (AvgIpc) is 3.73. The highest BCUT2D eigenvalue weighted by molar-refractivity contribution is 6.32. The van der Waals surface area contributed by atoms with E-state index in [9.17, 15) is 10.4 Å². The molecule has 1 saturated heterocycles. The molecule has 0 radical (unpaired) electrons. The molecule has 0 bridgehead atoms. The van der Waals surface area contributed by atoms with Gasteiger partial charge in [-0.25, -0.2) is 0 Å². The van der Waals surface area contributed by atoms with E-state index in [0.29, 0.717) is 48.4 Å². The third-order valence-electron chi connectivity index (χ3n) is 10.1. The molecule has 0 spiro atoms. The van der Waals surface area contributed by atoms with Gasteiger partial charge in [0.1, 0.15) is 36.5 Å². The third-order valence-corrected chi connectivity index (χ3v) is 10.4. The average molecular weight is 749 g/mol. The van der Waals surface area contributed by atoms with Gasteiger partial charge in [-0.2, -0.15) is 10.4 Å². The maximum Gasteiger partial charge on any atom is 0.142 e. The van der Waals surface area contributed by atoms with Crippen molar-refractivity contribution in [2.45, 2.75) is 72.9 Å². The van der Waals surface area contributed by atoms with Crippen molar-refractivity contribution in [1.29, 1.82) is 5.26 Å². The van der Waals surface area contributed by atoms with Gasteiger partial charge in [0.25, 0.3) is 0 Å². The zero-order chi connectivity index (χ0) is 38.2. The number of pyridine rings is 1. The Hall–Kier alpha value is -4.92. The number of nitriles is 1. The van der Waals surface area contributed by atoms with Crippen LogP contribution in [-0.4, -0.2) is 69.5 Å². The van der Waals surface area contributed by atoms with Crippen LogP contribution in [0.5, 0.6) is 17.2 Å². The Balaban J connectivity index is 1.17.